The Bertz CT molecular complexity index is 1150. The number of sulfonamides is 1. The molecule has 1 unspecified atom stereocenters. The van der Waals surface area contributed by atoms with E-state index in [9.17, 15) is 18.0 Å². The SMILES string of the molecule is CCN(CC)S(=O)(=O)c1ccc(=O)n(CC(=O)N(C2CC2)C2CCCc3ccccc32)c1. The monoisotopic (exact) mass is 457 g/mol. The molecule has 2 aromatic rings. The Kier molecular flexibility index (Phi) is 6.53. The lowest BCUT2D eigenvalue weighted by atomic mass is 9.86. The molecule has 8 heteroatoms. The van der Waals surface area contributed by atoms with Gasteiger partial charge in [-0.15, -0.1) is 0 Å². The molecular formula is C24H31N3O4S. The Hall–Kier alpha value is -2.45. The fraction of sp³-hybridized carbons (Fsp3) is 0.500. The lowest BCUT2D eigenvalue weighted by Crippen LogP contribution is -2.41. The van der Waals surface area contributed by atoms with Crippen LogP contribution in [0.5, 0.6) is 0 Å². The van der Waals surface area contributed by atoms with Crippen molar-refractivity contribution in [1.29, 1.82) is 0 Å². The van der Waals surface area contributed by atoms with Crippen molar-refractivity contribution in [2.24, 2.45) is 0 Å². The van der Waals surface area contributed by atoms with Crippen LogP contribution in [0.25, 0.3) is 0 Å². The number of fused-ring (bicyclic) bond motifs is 1. The van der Waals surface area contributed by atoms with Gasteiger partial charge in [0, 0.05) is 31.4 Å². The summed E-state index contributed by atoms with van der Waals surface area (Å²) in [5.41, 5.74) is 2.10. The molecule has 0 N–H and O–H groups in total. The van der Waals surface area contributed by atoms with E-state index in [-0.39, 0.29) is 35.0 Å². The minimum Gasteiger partial charge on any atom is -0.331 e. The van der Waals surface area contributed by atoms with E-state index in [2.05, 4.69) is 12.1 Å². The molecule has 1 atom stereocenters. The quantitative estimate of drug-likeness (QED) is 0.611. The minimum atomic E-state index is -3.71. The number of rotatable bonds is 8. The molecule has 1 saturated carbocycles. The van der Waals surface area contributed by atoms with Gasteiger partial charge in [0.05, 0.1) is 10.9 Å². The van der Waals surface area contributed by atoms with Crippen LogP contribution in [0.2, 0.25) is 0 Å². The second-order valence-electron chi connectivity index (χ2n) is 8.56. The molecule has 7 nitrogen and oxygen atoms in total. The second kappa shape index (κ2) is 9.19. The number of aromatic nitrogens is 1. The topological polar surface area (TPSA) is 79.7 Å². The number of nitrogens with zero attached hydrogens (tertiary/aromatic N) is 3. The number of carbonyl (C=O) groups excluding carboxylic acids is 1. The molecule has 0 spiro atoms. The Labute approximate surface area is 189 Å². The summed E-state index contributed by atoms with van der Waals surface area (Å²) in [6.45, 7) is 4.07. The third-order valence-electron chi connectivity index (χ3n) is 6.51. The van der Waals surface area contributed by atoms with E-state index in [1.165, 1.54) is 38.3 Å². The maximum atomic E-state index is 13.5. The minimum absolute atomic E-state index is 0.0123. The lowest BCUT2D eigenvalue weighted by Gasteiger charge is -2.36. The zero-order valence-electron chi connectivity index (χ0n) is 18.7. The first kappa shape index (κ1) is 22.7. The highest BCUT2D eigenvalue weighted by Crippen LogP contribution is 2.40. The fourth-order valence-electron chi connectivity index (χ4n) is 4.73. The van der Waals surface area contributed by atoms with Gasteiger partial charge in [0.15, 0.2) is 0 Å². The standard InChI is InChI=1S/C24H31N3O4S/c1-3-26(4-2)32(30,31)20-14-15-23(28)25(16-20)17-24(29)27(19-12-13-19)22-11-7-9-18-8-5-6-10-21(18)22/h5-6,8,10,14-16,19,22H,3-4,7,9,11-13,17H2,1-2H3. The lowest BCUT2D eigenvalue weighted by molar-refractivity contribution is -0.135. The zero-order valence-corrected chi connectivity index (χ0v) is 19.6. The first-order valence-electron chi connectivity index (χ1n) is 11.5. The van der Waals surface area contributed by atoms with E-state index in [0.717, 1.165) is 32.1 Å². The van der Waals surface area contributed by atoms with Crippen LogP contribution in [0.15, 0.2) is 52.3 Å². The zero-order chi connectivity index (χ0) is 22.9. The summed E-state index contributed by atoms with van der Waals surface area (Å²) in [5.74, 6) is -0.131. The number of benzene rings is 1. The molecule has 1 heterocycles. The molecular weight excluding hydrogens is 426 g/mol. The number of pyridine rings is 1. The highest BCUT2D eigenvalue weighted by Gasteiger charge is 2.39. The van der Waals surface area contributed by atoms with Crippen molar-refractivity contribution < 1.29 is 13.2 Å². The van der Waals surface area contributed by atoms with E-state index in [4.69, 9.17) is 0 Å². The maximum absolute atomic E-state index is 13.5. The van der Waals surface area contributed by atoms with Gasteiger partial charge in [0.1, 0.15) is 6.54 Å². The summed E-state index contributed by atoms with van der Waals surface area (Å²) in [5, 5.41) is 0. The van der Waals surface area contributed by atoms with Crippen LogP contribution in [0.3, 0.4) is 0 Å². The molecule has 0 saturated heterocycles. The second-order valence-corrected chi connectivity index (χ2v) is 10.5. The van der Waals surface area contributed by atoms with Gasteiger partial charge in [-0.1, -0.05) is 38.1 Å². The largest absolute Gasteiger partial charge is 0.331 e. The predicted molar refractivity (Wildman–Crippen MR) is 123 cm³/mol. The number of amides is 1. The summed E-state index contributed by atoms with van der Waals surface area (Å²) in [6, 6.07) is 11.0. The van der Waals surface area contributed by atoms with Crippen molar-refractivity contribution in [3.8, 4) is 0 Å². The summed E-state index contributed by atoms with van der Waals surface area (Å²) in [4.78, 5) is 28.0. The molecule has 0 bridgehead atoms. The third-order valence-corrected chi connectivity index (χ3v) is 8.54. The molecule has 172 valence electrons. The molecule has 1 amide bonds. The highest BCUT2D eigenvalue weighted by atomic mass is 32.2. The van der Waals surface area contributed by atoms with Gasteiger partial charge >= 0.3 is 0 Å². The van der Waals surface area contributed by atoms with E-state index in [1.54, 1.807) is 13.8 Å². The van der Waals surface area contributed by atoms with Gasteiger partial charge in [0.25, 0.3) is 5.56 Å². The van der Waals surface area contributed by atoms with Crippen LogP contribution in [0.4, 0.5) is 0 Å². The van der Waals surface area contributed by atoms with Crippen molar-refractivity contribution in [3.63, 3.8) is 0 Å². The molecule has 1 fully saturated rings. The normalized spacial score (nSPS) is 18.4. The molecule has 4 rings (SSSR count). The van der Waals surface area contributed by atoms with Crippen LogP contribution in [-0.4, -0.2) is 47.2 Å². The van der Waals surface area contributed by atoms with Crippen LogP contribution in [-0.2, 0) is 27.8 Å². The molecule has 1 aromatic heterocycles. The van der Waals surface area contributed by atoms with Crippen molar-refractivity contribution in [2.75, 3.05) is 13.1 Å². The van der Waals surface area contributed by atoms with Crippen LogP contribution < -0.4 is 5.56 Å². The first-order valence-corrected chi connectivity index (χ1v) is 12.9. The Balaban J connectivity index is 1.63. The van der Waals surface area contributed by atoms with Crippen molar-refractivity contribution >= 4 is 15.9 Å². The van der Waals surface area contributed by atoms with Gasteiger partial charge in [-0.2, -0.15) is 4.31 Å². The van der Waals surface area contributed by atoms with Gasteiger partial charge in [-0.25, -0.2) is 8.42 Å². The summed E-state index contributed by atoms with van der Waals surface area (Å²) < 4.78 is 28.4. The fourth-order valence-corrected chi connectivity index (χ4v) is 6.21. The number of hydrogen-bond acceptors (Lipinski definition) is 4. The molecule has 2 aliphatic rings. The third kappa shape index (κ3) is 4.38. The molecule has 32 heavy (non-hydrogen) atoms. The van der Waals surface area contributed by atoms with Crippen molar-refractivity contribution in [3.05, 3.63) is 64.1 Å². The molecule has 0 radical (unpaired) electrons. The summed E-state index contributed by atoms with van der Waals surface area (Å²) in [6.07, 6.45) is 6.20. The van der Waals surface area contributed by atoms with Crippen molar-refractivity contribution in [1.82, 2.24) is 13.8 Å². The van der Waals surface area contributed by atoms with Crippen LogP contribution in [0.1, 0.15) is 56.7 Å². The number of carbonyl (C=O) groups is 1. The predicted octanol–water partition coefficient (Wildman–Crippen LogP) is 2.95. The van der Waals surface area contributed by atoms with Crippen LogP contribution >= 0.6 is 0 Å². The average molecular weight is 458 g/mol. The molecule has 1 aromatic carbocycles. The number of hydrogen-bond donors (Lipinski definition) is 0. The summed E-state index contributed by atoms with van der Waals surface area (Å²) >= 11 is 0. The Morgan fingerprint density at radius 3 is 2.47 bits per heavy atom. The Morgan fingerprint density at radius 2 is 1.78 bits per heavy atom. The molecule has 0 aliphatic heterocycles. The number of aryl methyl sites for hydroxylation is 1. The van der Waals surface area contributed by atoms with E-state index in [0.29, 0.717) is 13.1 Å². The van der Waals surface area contributed by atoms with E-state index >= 15 is 0 Å². The van der Waals surface area contributed by atoms with E-state index < -0.39 is 10.0 Å². The smallest absolute Gasteiger partial charge is 0.251 e. The average Bonchev–Trinajstić information content (AvgIpc) is 3.61. The van der Waals surface area contributed by atoms with E-state index in [1.807, 2.05) is 17.0 Å². The summed E-state index contributed by atoms with van der Waals surface area (Å²) in [7, 11) is -3.71. The maximum Gasteiger partial charge on any atom is 0.251 e. The van der Waals surface area contributed by atoms with Crippen LogP contribution in [0, 0.1) is 0 Å². The van der Waals surface area contributed by atoms with Gasteiger partial charge in [-0.05, 0) is 49.3 Å². The van der Waals surface area contributed by atoms with Gasteiger partial charge < -0.3 is 9.47 Å². The highest BCUT2D eigenvalue weighted by molar-refractivity contribution is 7.89. The van der Waals surface area contributed by atoms with Crippen molar-refractivity contribution in [2.45, 2.75) is 69.5 Å². The Morgan fingerprint density at radius 1 is 1.06 bits per heavy atom. The first-order chi connectivity index (χ1) is 15.4. The molecule has 2 aliphatic carbocycles. The van der Waals surface area contributed by atoms with Gasteiger partial charge in [0.2, 0.25) is 15.9 Å². The van der Waals surface area contributed by atoms with Gasteiger partial charge in [-0.3, -0.25) is 9.59 Å².